The third-order valence-electron chi connectivity index (χ3n) is 2.79. The first-order chi connectivity index (χ1) is 8.74. The second kappa shape index (κ2) is 5.96. The average molecular weight is 261 g/mol. The van der Waals surface area contributed by atoms with Crippen molar-refractivity contribution in [3.8, 4) is 11.4 Å². The van der Waals surface area contributed by atoms with Gasteiger partial charge < -0.3 is 5.32 Å². The number of rotatable bonds is 5. The molecule has 2 aromatic heterocycles. The fraction of sp³-hybridized carbons (Fsp3) is 0.429. The molecule has 2 rings (SSSR count). The predicted octanol–water partition coefficient (Wildman–Crippen LogP) is 3.90. The minimum absolute atomic E-state index is 0.840. The molecule has 0 aromatic carbocycles. The summed E-state index contributed by atoms with van der Waals surface area (Å²) in [6, 6.07) is 2.04. The van der Waals surface area contributed by atoms with Gasteiger partial charge in [0.15, 0.2) is 5.82 Å². The summed E-state index contributed by atoms with van der Waals surface area (Å²) in [4.78, 5) is 9.23. The molecule has 0 fully saturated rings. The molecule has 0 saturated heterocycles. The molecule has 18 heavy (non-hydrogen) atoms. The fourth-order valence-corrected chi connectivity index (χ4v) is 2.56. The number of hydrogen-bond donors (Lipinski definition) is 1. The van der Waals surface area contributed by atoms with Gasteiger partial charge in [-0.2, -0.15) is 11.3 Å². The predicted molar refractivity (Wildman–Crippen MR) is 78.2 cm³/mol. The maximum atomic E-state index is 4.62. The minimum atomic E-state index is 0.840. The molecule has 0 unspecified atom stereocenters. The summed E-state index contributed by atoms with van der Waals surface area (Å²) in [7, 11) is 0. The van der Waals surface area contributed by atoms with E-state index in [9.17, 15) is 0 Å². The van der Waals surface area contributed by atoms with Gasteiger partial charge in [-0.1, -0.05) is 13.8 Å². The Morgan fingerprint density at radius 1 is 1.22 bits per heavy atom. The first-order valence-electron chi connectivity index (χ1n) is 6.39. The number of nitrogens with one attached hydrogen (secondary N) is 1. The molecule has 96 valence electrons. The van der Waals surface area contributed by atoms with Crippen LogP contribution < -0.4 is 5.32 Å². The summed E-state index contributed by atoms with van der Waals surface area (Å²) >= 11 is 1.70. The van der Waals surface area contributed by atoms with E-state index in [0.29, 0.717) is 0 Å². The van der Waals surface area contributed by atoms with E-state index in [1.165, 1.54) is 5.56 Å². The van der Waals surface area contributed by atoms with Crippen LogP contribution in [0.1, 0.15) is 31.5 Å². The largest absolute Gasteiger partial charge is 0.370 e. The quantitative estimate of drug-likeness (QED) is 0.887. The Balaban J connectivity index is 2.38. The molecule has 0 aliphatic carbocycles. The van der Waals surface area contributed by atoms with Gasteiger partial charge in [-0.15, -0.1) is 0 Å². The summed E-state index contributed by atoms with van der Waals surface area (Å²) in [5.41, 5.74) is 3.48. The standard InChI is InChI=1S/C14H19N3S/c1-4-6-15-13-7-11(5-2)16-14(17-13)12-9-18-8-10(12)3/h7-9H,4-6H2,1-3H3,(H,15,16,17). The van der Waals surface area contributed by atoms with Gasteiger partial charge in [0.05, 0.1) is 0 Å². The molecule has 0 radical (unpaired) electrons. The number of nitrogens with zero attached hydrogens (tertiary/aromatic N) is 2. The lowest BCUT2D eigenvalue weighted by molar-refractivity contribution is 0.951. The van der Waals surface area contributed by atoms with Gasteiger partial charge in [-0.3, -0.25) is 0 Å². The highest BCUT2D eigenvalue weighted by Gasteiger charge is 2.09. The van der Waals surface area contributed by atoms with Crippen LogP contribution >= 0.6 is 11.3 Å². The molecule has 0 atom stereocenters. The van der Waals surface area contributed by atoms with Gasteiger partial charge >= 0.3 is 0 Å². The number of hydrogen-bond acceptors (Lipinski definition) is 4. The van der Waals surface area contributed by atoms with E-state index in [-0.39, 0.29) is 0 Å². The van der Waals surface area contributed by atoms with Crippen molar-refractivity contribution in [1.29, 1.82) is 0 Å². The van der Waals surface area contributed by atoms with Crippen LogP contribution in [0.3, 0.4) is 0 Å². The van der Waals surface area contributed by atoms with E-state index in [1.54, 1.807) is 11.3 Å². The Hall–Kier alpha value is -1.42. The monoisotopic (exact) mass is 261 g/mol. The lowest BCUT2D eigenvalue weighted by Crippen LogP contribution is -2.05. The van der Waals surface area contributed by atoms with Crippen LogP contribution in [0, 0.1) is 6.92 Å². The molecule has 1 N–H and O–H groups in total. The van der Waals surface area contributed by atoms with Crippen LogP contribution in [-0.4, -0.2) is 16.5 Å². The normalized spacial score (nSPS) is 10.6. The molecular weight excluding hydrogens is 242 g/mol. The molecule has 0 saturated carbocycles. The summed E-state index contributed by atoms with van der Waals surface area (Å²) in [5, 5.41) is 7.60. The molecule has 0 amide bonds. The van der Waals surface area contributed by atoms with Crippen LogP contribution in [-0.2, 0) is 6.42 Å². The lowest BCUT2D eigenvalue weighted by atomic mass is 10.2. The maximum absolute atomic E-state index is 4.62. The summed E-state index contributed by atoms with van der Waals surface area (Å²) in [6.45, 7) is 7.32. The first kappa shape index (κ1) is 13.0. The third kappa shape index (κ3) is 2.88. The van der Waals surface area contributed by atoms with Gasteiger partial charge in [0.2, 0.25) is 0 Å². The SMILES string of the molecule is CCCNc1cc(CC)nc(-c2cscc2C)n1. The van der Waals surface area contributed by atoms with Crippen LogP contribution in [0.4, 0.5) is 5.82 Å². The Labute approximate surface area is 112 Å². The second-order valence-electron chi connectivity index (χ2n) is 4.32. The van der Waals surface area contributed by atoms with E-state index in [1.807, 2.05) is 6.07 Å². The topological polar surface area (TPSA) is 37.8 Å². The summed E-state index contributed by atoms with van der Waals surface area (Å²) in [6.07, 6.45) is 2.03. The van der Waals surface area contributed by atoms with E-state index in [4.69, 9.17) is 0 Å². The zero-order chi connectivity index (χ0) is 13.0. The molecule has 4 heteroatoms. The zero-order valence-corrected chi connectivity index (χ0v) is 12.0. The van der Waals surface area contributed by atoms with E-state index >= 15 is 0 Å². The highest BCUT2D eigenvalue weighted by atomic mass is 32.1. The Morgan fingerprint density at radius 2 is 2.06 bits per heavy atom. The van der Waals surface area contributed by atoms with Crippen molar-refractivity contribution in [1.82, 2.24) is 9.97 Å². The number of aryl methyl sites for hydroxylation is 2. The van der Waals surface area contributed by atoms with E-state index in [0.717, 1.165) is 42.3 Å². The van der Waals surface area contributed by atoms with Crippen LogP contribution in [0.25, 0.3) is 11.4 Å². The molecule has 3 nitrogen and oxygen atoms in total. The molecule has 2 aromatic rings. The van der Waals surface area contributed by atoms with Crippen molar-refractivity contribution in [2.75, 3.05) is 11.9 Å². The summed E-state index contributed by atoms with van der Waals surface area (Å²) < 4.78 is 0. The van der Waals surface area contributed by atoms with E-state index < -0.39 is 0 Å². The Morgan fingerprint density at radius 3 is 2.67 bits per heavy atom. The summed E-state index contributed by atoms with van der Waals surface area (Å²) in [5.74, 6) is 1.77. The lowest BCUT2D eigenvalue weighted by Gasteiger charge is -2.08. The number of aromatic nitrogens is 2. The highest BCUT2D eigenvalue weighted by molar-refractivity contribution is 7.08. The van der Waals surface area contributed by atoms with Crippen LogP contribution in [0.2, 0.25) is 0 Å². The molecule has 0 bridgehead atoms. The molecular formula is C14H19N3S. The van der Waals surface area contributed by atoms with Crippen LogP contribution in [0.5, 0.6) is 0 Å². The zero-order valence-electron chi connectivity index (χ0n) is 11.2. The van der Waals surface area contributed by atoms with E-state index in [2.05, 4.69) is 46.8 Å². The minimum Gasteiger partial charge on any atom is -0.370 e. The van der Waals surface area contributed by atoms with Crippen LogP contribution in [0.15, 0.2) is 16.8 Å². The molecule has 0 aliphatic rings. The smallest absolute Gasteiger partial charge is 0.162 e. The molecule has 2 heterocycles. The third-order valence-corrected chi connectivity index (χ3v) is 3.66. The molecule has 0 aliphatic heterocycles. The second-order valence-corrected chi connectivity index (χ2v) is 5.06. The first-order valence-corrected chi connectivity index (χ1v) is 7.33. The Kier molecular flexibility index (Phi) is 4.31. The number of anilines is 1. The van der Waals surface area contributed by atoms with Crippen molar-refractivity contribution in [3.05, 3.63) is 28.1 Å². The highest BCUT2D eigenvalue weighted by Crippen LogP contribution is 2.25. The van der Waals surface area contributed by atoms with Gasteiger partial charge in [0.25, 0.3) is 0 Å². The molecule has 0 spiro atoms. The van der Waals surface area contributed by atoms with Crippen molar-refractivity contribution < 1.29 is 0 Å². The average Bonchev–Trinajstić information content (AvgIpc) is 2.82. The number of thiophene rings is 1. The van der Waals surface area contributed by atoms with Gasteiger partial charge in [-0.05, 0) is 30.7 Å². The Bertz CT molecular complexity index is 520. The fourth-order valence-electron chi connectivity index (χ4n) is 1.73. The van der Waals surface area contributed by atoms with Crippen molar-refractivity contribution in [2.45, 2.75) is 33.6 Å². The maximum Gasteiger partial charge on any atom is 0.162 e. The van der Waals surface area contributed by atoms with Gasteiger partial charge in [0, 0.05) is 29.2 Å². The van der Waals surface area contributed by atoms with Gasteiger partial charge in [-0.25, -0.2) is 9.97 Å². The van der Waals surface area contributed by atoms with Crippen molar-refractivity contribution >= 4 is 17.2 Å². The van der Waals surface area contributed by atoms with Crippen molar-refractivity contribution in [3.63, 3.8) is 0 Å². The van der Waals surface area contributed by atoms with Gasteiger partial charge in [0.1, 0.15) is 5.82 Å². The van der Waals surface area contributed by atoms with Crippen molar-refractivity contribution in [2.24, 2.45) is 0 Å².